The Balaban J connectivity index is 2.16. The van der Waals surface area contributed by atoms with E-state index in [1.165, 1.54) is 0 Å². The monoisotopic (exact) mass is 205 g/mol. The van der Waals surface area contributed by atoms with E-state index in [1.54, 1.807) is 11.0 Å². The Morgan fingerprint density at radius 2 is 2.27 bits per heavy atom. The highest BCUT2D eigenvalue weighted by Crippen LogP contribution is 2.26. The first kappa shape index (κ1) is 9.98. The largest absolute Gasteiger partial charge is 0.339 e. The Morgan fingerprint density at radius 3 is 2.87 bits per heavy atom. The van der Waals surface area contributed by atoms with Gasteiger partial charge in [-0.05, 0) is 31.0 Å². The molecular formula is C11H15N3O. The normalized spacial score (nSPS) is 14.8. The van der Waals surface area contributed by atoms with E-state index >= 15 is 0 Å². The average Bonchev–Trinajstić information content (AvgIpc) is 3.11. The van der Waals surface area contributed by atoms with Crippen molar-refractivity contribution < 1.29 is 4.79 Å². The van der Waals surface area contributed by atoms with Crippen molar-refractivity contribution in [1.29, 1.82) is 0 Å². The Kier molecular flexibility index (Phi) is 2.60. The van der Waals surface area contributed by atoms with Crippen molar-refractivity contribution in [2.24, 2.45) is 5.84 Å². The average molecular weight is 205 g/mol. The summed E-state index contributed by atoms with van der Waals surface area (Å²) < 4.78 is 0. The molecule has 0 unspecified atom stereocenters. The summed E-state index contributed by atoms with van der Waals surface area (Å²) in [5, 5.41) is 0. The van der Waals surface area contributed by atoms with E-state index < -0.39 is 0 Å². The third kappa shape index (κ3) is 2.10. The number of anilines is 1. The minimum atomic E-state index is 0.0644. The molecule has 2 rings (SSSR count). The first-order valence-electron chi connectivity index (χ1n) is 5.06. The van der Waals surface area contributed by atoms with Crippen LogP contribution in [0, 0.1) is 0 Å². The number of nitrogens with one attached hydrogen (secondary N) is 1. The van der Waals surface area contributed by atoms with Gasteiger partial charge in [0, 0.05) is 24.3 Å². The van der Waals surface area contributed by atoms with Gasteiger partial charge in [0.1, 0.15) is 0 Å². The van der Waals surface area contributed by atoms with Crippen molar-refractivity contribution >= 4 is 11.6 Å². The van der Waals surface area contributed by atoms with Gasteiger partial charge in [-0.2, -0.15) is 0 Å². The highest BCUT2D eigenvalue weighted by molar-refractivity contribution is 5.95. The molecule has 1 aromatic rings. The fourth-order valence-electron chi connectivity index (χ4n) is 1.57. The molecular weight excluding hydrogens is 190 g/mol. The molecule has 0 spiro atoms. The smallest absolute Gasteiger partial charge is 0.253 e. The molecule has 1 aliphatic rings. The molecule has 0 heterocycles. The molecule has 1 saturated carbocycles. The number of hydrazine groups is 1. The van der Waals surface area contributed by atoms with E-state index in [9.17, 15) is 4.79 Å². The van der Waals surface area contributed by atoms with Crippen molar-refractivity contribution in [3.8, 4) is 0 Å². The van der Waals surface area contributed by atoms with Gasteiger partial charge in [-0.3, -0.25) is 10.6 Å². The molecule has 1 fully saturated rings. The number of carbonyl (C=O) groups excluding carboxylic acids is 1. The first-order chi connectivity index (χ1) is 7.22. The van der Waals surface area contributed by atoms with Crippen LogP contribution in [0.1, 0.15) is 23.2 Å². The Bertz CT molecular complexity index is 374. The maximum absolute atomic E-state index is 12.0. The number of rotatable bonds is 3. The minimum Gasteiger partial charge on any atom is -0.339 e. The summed E-state index contributed by atoms with van der Waals surface area (Å²) in [6, 6.07) is 7.66. The van der Waals surface area contributed by atoms with Gasteiger partial charge in [-0.25, -0.2) is 0 Å². The zero-order chi connectivity index (χ0) is 10.8. The van der Waals surface area contributed by atoms with Gasteiger partial charge in [0.15, 0.2) is 0 Å². The molecule has 1 aromatic carbocycles. The van der Waals surface area contributed by atoms with Crippen LogP contribution in [0.5, 0.6) is 0 Å². The molecule has 4 nitrogen and oxygen atoms in total. The number of nitrogen functional groups attached to an aromatic ring is 1. The van der Waals surface area contributed by atoms with Gasteiger partial charge in [0.05, 0.1) is 0 Å². The maximum atomic E-state index is 12.0. The molecule has 0 bridgehead atoms. The predicted molar refractivity (Wildman–Crippen MR) is 59.4 cm³/mol. The van der Waals surface area contributed by atoms with Crippen LogP contribution >= 0.6 is 0 Å². The third-order valence-electron chi connectivity index (χ3n) is 2.69. The van der Waals surface area contributed by atoms with E-state index in [0.717, 1.165) is 18.5 Å². The van der Waals surface area contributed by atoms with Crippen LogP contribution in [-0.2, 0) is 0 Å². The summed E-state index contributed by atoms with van der Waals surface area (Å²) in [5.41, 5.74) is 3.97. The van der Waals surface area contributed by atoms with Crippen LogP contribution < -0.4 is 11.3 Å². The van der Waals surface area contributed by atoms with Gasteiger partial charge in [0.2, 0.25) is 0 Å². The maximum Gasteiger partial charge on any atom is 0.253 e. The first-order valence-corrected chi connectivity index (χ1v) is 5.06. The molecule has 0 aromatic heterocycles. The van der Waals surface area contributed by atoms with Crippen LogP contribution in [0.15, 0.2) is 24.3 Å². The number of hydrogen-bond acceptors (Lipinski definition) is 3. The van der Waals surface area contributed by atoms with Crippen molar-refractivity contribution in [2.75, 3.05) is 12.5 Å². The number of hydrogen-bond donors (Lipinski definition) is 2. The number of benzene rings is 1. The van der Waals surface area contributed by atoms with Crippen molar-refractivity contribution in [1.82, 2.24) is 4.90 Å². The van der Waals surface area contributed by atoms with Crippen LogP contribution in [-0.4, -0.2) is 23.9 Å². The second-order valence-electron chi connectivity index (χ2n) is 3.87. The summed E-state index contributed by atoms with van der Waals surface area (Å²) in [6.07, 6.45) is 2.24. The fourth-order valence-corrected chi connectivity index (χ4v) is 1.57. The van der Waals surface area contributed by atoms with Gasteiger partial charge in [0.25, 0.3) is 5.91 Å². The lowest BCUT2D eigenvalue weighted by atomic mass is 10.2. The Morgan fingerprint density at radius 1 is 1.53 bits per heavy atom. The number of amides is 1. The van der Waals surface area contributed by atoms with Crippen LogP contribution in [0.3, 0.4) is 0 Å². The fraction of sp³-hybridized carbons (Fsp3) is 0.364. The molecule has 0 aliphatic heterocycles. The quantitative estimate of drug-likeness (QED) is 0.576. The SMILES string of the molecule is CN(C(=O)c1cccc(NN)c1)C1CC1. The molecule has 0 atom stereocenters. The summed E-state index contributed by atoms with van der Waals surface area (Å²) in [4.78, 5) is 13.8. The summed E-state index contributed by atoms with van der Waals surface area (Å²) in [6.45, 7) is 0. The number of nitrogens with zero attached hydrogens (tertiary/aromatic N) is 1. The molecule has 4 heteroatoms. The van der Waals surface area contributed by atoms with E-state index in [0.29, 0.717) is 11.6 Å². The standard InChI is InChI=1S/C11H15N3O/c1-14(10-5-6-10)11(15)8-3-2-4-9(7-8)13-12/h2-4,7,10,13H,5-6,12H2,1H3. The van der Waals surface area contributed by atoms with Crippen molar-refractivity contribution in [2.45, 2.75) is 18.9 Å². The summed E-state index contributed by atoms with van der Waals surface area (Å²) in [5.74, 6) is 5.36. The predicted octanol–water partition coefficient (Wildman–Crippen LogP) is 1.21. The summed E-state index contributed by atoms with van der Waals surface area (Å²) in [7, 11) is 1.85. The van der Waals surface area contributed by atoms with Crippen molar-refractivity contribution in [3.63, 3.8) is 0 Å². The zero-order valence-electron chi connectivity index (χ0n) is 8.73. The topological polar surface area (TPSA) is 58.4 Å². The van der Waals surface area contributed by atoms with E-state index in [2.05, 4.69) is 5.43 Å². The van der Waals surface area contributed by atoms with Crippen LogP contribution in [0.4, 0.5) is 5.69 Å². The third-order valence-corrected chi connectivity index (χ3v) is 2.69. The Labute approximate surface area is 89.0 Å². The second-order valence-corrected chi connectivity index (χ2v) is 3.87. The lowest BCUT2D eigenvalue weighted by molar-refractivity contribution is 0.0785. The molecule has 1 aliphatic carbocycles. The van der Waals surface area contributed by atoms with Gasteiger partial charge >= 0.3 is 0 Å². The highest BCUT2D eigenvalue weighted by atomic mass is 16.2. The van der Waals surface area contributed by atoms with Gasteiger partial charge in [-0.15, -0.1) is 0 Å². The van der Waals surface area contributed by atoms with Crippen molar-refractivity contribution in [3.05, 3.63) is 29.8 Å². The lowest BCUT2D eigenvalue weighted by Gasteiger charge is -2.16. The minimum absolute atomic E-state index is 0.0644. The Hall–Kier alpha value is -1.55. The van der Waals surface area contributed by atoms with Crippen LogP contribution in [0.25, 0.3) is 0 Å². The molecule has 0 radical (unpaired) electrons. The summed E-state index contributed by atoms with van der Waals surface area (Å²) >= 11 is 0. The molecule has 3 N–H and O–H groups in total. The van der Waals surface area contributed by atoms with E-state index in [1.807, 2.05) is 25.2 Å². The van der Waals surface area contributed by atoms with E-state index in [-0.39, 0.29) is 5.91 Å². The number of nitrogens with two attached hydrogens (primary N) is 1. The second kappa shape index (κ2) is 3.90. The lowest BCUT2D eigenvalue weighted by Crippen LogP contribution is -2.28. The molecule has 1 amide bonds. The zero-order valence-corrected chi connectivity index (χ0v) is 8.73. The van der Waals surface area contributed by atoms with Crippen LogP contribution in [0.2, 0.25) is 0 Å². The highest BCUT2D eigenvalue weighted by Gasteiger charge is 2.29. The number of carbonyl (C=O) groups is 1. The van der Waals surface area contributed by atoms with Gasteiger partial charge < -0.3 is 10.3 Å². The molecule has 0 saturated heterocycles. The van der Waals surface area contributed by atoms with E-state index in [4.69, 9.17) is 5.84 Å². The molecule has 80 valence electrons. The molecule has 15 heavy (non-hydrogen) atoms. The van der Waals surface area contributed by atoms with Gasteiger partial charge in [-0.1, -0.05) is 6.07 Å².